The number of carboxylic acids is 1. The van der Waals surface area contributed by atoms with Gasteiger partial charge in [0.05, 0.1) is 0 Å². The Morgan fingerprint density at radius 1 is 1.31 bits per heavy atom. The third kappa shape index (κ3) is 3.71. The molecule has 5 nitrogen and oxygen atoms in total. The lowest BCUT2D eigenvalue weighted by Gasteiger charge is -2.29. The minimum Gasteiger partial charge on any atom is -0.478 e. The van der Waals surface area contributed by atoms with E-state index in [1.807, 2.05) is 0 Å². The summed E-state index contributed by atoms with van der Waals surface area (Å²) in [7, 11) is 5.15. The molecule has 0 aliphatic carbocycles. The molecular formula is C10H20O5Si. The van der Waals surface area contributed by atoms with Crippen LogP contribution in [0, 0.1) is 0 Å². The van der Waals surface area contributed by atoms with Gasteiger partial charge in [-0.15, -0.1) is 0 Å². The van der Waals surface area contributed by atoms with Crippen molar-refractivity contribution >= 4 is 16.2 Å². The molecule has 0 aliphatic heterocycles. The van der Waals surface area contributed by atoms with Gasteiger partial charge in [-0.25, -0.2) is 4.79 Å². The highest BCUT2D eigenvalue weighted by Crippen LogP contribution is 2.24. The second kappa shape index (κ2) is 7.56. The summed E-state index contributed by atoms with van der Waals surface area (Å²) < 4.78 is 15.0. The molecule has 0 aromatic carbocycles. The molecule has 1 N–H and O–H groups in total. The SMILES string of the molecule is COC(OC)(OC)C(=CCCC[SiH3])C(=O)O. The van der Waals surface area contributed by atoms with Crippen LogP contribution in [0.1, 0.15) is 12.8 Å². The summed E-state index contributed by atoms with van der Waals surface area (Å²) in [5, 5.41) is 9.10. The number of ether oxygens (including phenoxy) is 3. The van der Waals surface area contributed by atoms with Gasteiger partial charge in [0, 0.05) is 31.6 Å². The van der Waals surface area contributed by atoms with Crippen molar-refractivity contribution in [3.05, 3.63) is 11.6 Å². The number of allylic oxidation sites excluding steroid dienone is 1. The van der Waals surface area contributed by atoms with Crippen LogP contribution < -0.4 is 0 Å². The first-order valence-corrected chi connectivity index (χ1v) is 6.58. The molecule has 0 saturated heterocycles. The smallest absolute Gasteiger partial charge is 0.339 e. The standard InChI is InChI=1S/C10H20O5Si/c1-13-10(14-2,15-3)8(9(11)12)6-4-5-7-16/h6H,4-5,7H2,1-3,16H3,(H,11,12). The van der Waals surface area contributed by atoms with E-state index in [1.54, 1.807) is 6.08 Å². The molecule has 0 heterocycles. The molecule has 0 amide bonds. The van der Waals surface area contributed by atoms with Gasteiger partial charge in [-0.1, -0.05) is 18.5 Å². The third-order valence-corrected chi connectivity index (χ3v) is 2.98. The Bertz CT molecular complexity index is 239. The molecule has 0 spiro atoms. The van der Waals surface area contributed by atoms with Crippen molar-refractivity contribution in [2.75, 3.05) is 21.3 Å². The molecule has 0 aromatic rings. The van der Waals surface area contributed by atoms with E-state index in [2.05, 4.69) is 0 Å². The van der Waals surface area contributed by atoms with Crippen molar-refractivity contribution in [2.24, 2.45) is 0 Å². The lowest BCUT2D eigenvalue weighted by atomic mass is 10.1. The molecule has 0 saturated carbocycles. The minimum atomic E-state index is -1.61. The summed E-state index contributed by atoms with van der Waals surface area (Å²) in [6.07, 6.45) is 3.25. The van der Waals surface area contributed by atoms with Crippen molar-refractivity contribution in [3.8, 4) is 0 Å². The highest BCUT2D eigenvalue weighted by molar-refractivity contribution is 6.08. The summed E-state index contributed by atoms with van der Waals surface area (Å²) in [6, 6.07) is 1.13. The second-order valence-electron chi connectivity index (χ2n) is 3.23. The molecule has 0 bridgehead atoms. The van der Waals surface area contributed by atoms with Crippen LogP contribution >= 0.6 is 0 Å². The second-order valence-corrected chi connectivity index (χ2v) is 4.23. The molecule has 0 aromatic heterocycles. The van der Waals surface area contributed by atoms with Crippen LogP contribution in [0.25, 0.3) is 0 Å². The number of rotatable bonds is 8. The van der Waals surface area contributed by atoms with Gasteiger partial charge in [-0.3, -0.25) is 0 Å². The zero-order chi connectivity index (χ0) is 12.6. The van der Waals surface area contributed by atoms with Crippen LogP contribution in [0.5, 0.6) is 0 Å². The molecule has 0 aliphatic rings. The molecule has 0 rings (SSSR count). The maximum atomic E-state index is 11.1. The highest BCUT2D eigenvalue weighted by atomic mass is 28.1. The van der Waals surface area contributed by atoms with Crippen molar-refractivity contribution in [1.29, 1.82) is 0 Å². The number of methoxy groups -OCH3 is 3. The summed E-state index contributed by atoms with van der Waals surface area (Å²) in [4.78, 5) is 11.1. The van der Waals surface area contributed by atoms with Gasteiger partial charge in [-0.2, -0.15) is 0 Å². The van der Waals surface area contributed by atoms with Crippen LogP contribution in [-0.4, -0.2) is 48.6 Å². The largest absolute Gasteiger partial charge is 0.478 e. The Labute approximate surface area is 98.8 Å². The van der Waals surface area contributed by atoms with Crippen molar-refractivity contribution in [2.45, 2.75) is 24.9 Å². The molecular weight excluding hydrogens is 228 g/mol. The Morgan fingerprint density at radius 3 is 2.12 bits per heavy atom. The van der Waals surface area contributed by atoms with Gasteiger partial charge < -0.3 is 19.3 Å². The molecule has 0 unspecified atom stereocenters. The van der Waals surface area contributed by atoms with Gasteiger partial charge in [0.1, 0.15) is 5.57 Å². The first-order chi connectivity index (χ1) is 7.57. The molecule has 6 heteroatoms. The van der Waals surface area contributed by atoms with Gasteiger partial charge in [0.2, 0.25) is 0 Å². The fraction of sp³-hybridized carbons (Fsp3) is 0.700. The number of hydrogen-bond acceptors (Lipinski definition) is 4. The van der Waals surface area contributed by atoms with E-state index < -0.39 is 11.9 Å². The topological polar surface area (TPSA) is 65.0 Å². The third-order valence-electron chi connectivity index (χ3n) is 2.27. The summed E-state index contributed by atoms with van der Waals surface area (Å²) in [5.74, 6) is -2.71. The normalized spacial score (nSPS) is 13.1. The Kier molecular flexibility index (Phi) is 7.23. The molecule has 0 atom stereocenters. The first kappa shape index (κ1) is 15.3. The van der Waals surface area contributed by atoms with Crippen LogP contribution in [0.2, 0.25) is 6.04 Å². The van der Waals surface area contributed by atoms with Crippen molar-refractivity contribution < 1.29 is 24.1 Å². The van der Waals surface area contributed by atoms with E-state index in [0.717, 1.165) is 22.7 Å². The lowest BCUT2D eigenvalue weighted by molar-refractivity contribution is -0.325. The quantitative estimate of drug-likeness (QED) is 0.287. The number of carboxylic acid groups (broad SMARTS) is 1. The Morgan fingerprint density at radius 2 is 1.81 bits per heavy atom. The van der Waals surface area contributed by atoms with Gasteiger partial charge >= 0.3 is 11.9 Å². The maximum Gasteiger partial charge on any atom is 0.339 e. The fourth-order valence-electron chi connectivity index (χ4n) is 1.37. The Hall–Kier alpha value is -0.693. The first-order valence-electron chi connectivity index (χ1n) is 5.17. The zero-order valence-electron chi connectivity index (χ0n) is 10.3. The van der Waals surface area contributed by atoms with E-state index in [1.165, 1.54) is 21.3 Å². The van der Waals surface area contributed by atoms with E-state index in [9.17, 15) is 4.79 Å². The molecule has 16 heavy (non-hydrogen) atoms. The van der Waals surface area contributed by atoms with E-state index >= 15 is 0 Å². The van der Waals surface area contributed by atoms with Gasteiger partial charge in [-0.05, 0) is 6.42 Å². The lowest BCUT2D eigenvalue weighted by Crippen LogP contribution is -2.41. The average molecular weight is 248 g/mol. The monoisotopic (exact) mass is 248 g/mol. The summed E-state index contributed by atoms with van der Waals surface area (Å²) in [5.41, 5.74) is -0.0184. The number of aliphatic carboxylic acids is 1. The van der Waals surface area contributed by atoms with Gasteiger partial charge in [0.15, 0.2) is 0 Å². The van der Waals surface area contributed by atoms with Crippen LogP contribution in [0.4, 0.5) is 0 Å². The molecule has 0 radical (unpaired) electrons. The summed E-state index contributed by atoms with van der Waals surface area (Å²) in [6.45, 7) is 0. The summed E-state index contributed by atoms with van der Waals surface area (Å²) >= 11 is 0. The number of unbranched alkanes of at least 4 members (excludes halogenated alkanes) is 1. The highest BCUT2D eigenvalue weighted by Gasteiger charge is 2.39. The number of carbonyl (C=O) groups is 1. The van der Waals surface area contributed by atoms with E-state index in [0.29, 0.717) is 6.42 Å². The fourth-order valence-corrected chi connectivity index (χ4v) is 1.78. The zero-order valence-corrected chi connectivity index (χ0v) is 12.3. The van der Waals surface area contributed by atoms with E-state index in [4.69, 9.17) is 19.3 Å². The van der Waals surface area contributed by atoms with Gasteiger partial charge in [0.25, 0.3) is 0 Å². The average Bonchev–Trinajstić information content (AvgIpc) is 2.29. The predicted molar refractivity (Wildman–Crippen MR) is 63.5 cm³/mol. The Balaban J connectivity index is 4.99. The van der Waals surface area contributed by atoms with Crippen molar-refractivity contribution in [3.63, 3.8) is 0 Å². The minimum absolute atomic E-state index is 0.0184. The van der Waals surface area contributed by atoms with E-state index in [-0.39, 0.29) is 5.57 Å². The predicted octanol–water partition coefficient (Wildman–Crippen LogP) is 0.154. The van der Waals surface area contributed by atoms with Crippen molar-refractivity contribution in [1.82, 2.24) is 0 Å². The molecule has 94 valence electrons. The number of hydrogen-bond donors (Lipinski definition) is 1. The van der Waals surface area contributed by atoms with Crippen LogP contribution in [0.3, 0.4) is 0 Å². The molecule has 0 fully saturated rings. The van der Waals surface area contributed by atoms with Crippen LogP contribution in [0.15, 0.2) is 11.6 Å². The van der Waals surface area contributed by atoms with Crippen LogP contribution in [-0.2, 0) is 19.0 Å². The maximum absolute atomic E-state index is 11.1.